The van der Waals surface area contributed by atoms with Crippen LogP contribution in [0.1, 0.15) is 36.7 Å². The van der Waals surface area contributed by atoms with E-state index in [9.17, 15) is 4.79 Å². The Kier molecular flexibility index (Phi) is 6.81. The first-order valence-corrected chi connectivity index (χ1v) is 10.2. The molecule has 0 unspecified atom stereocenters. The molecule has 132 valence electrons. The van der Waals surface area contributed by atoms with Crippen molar-refractivity contribution >= 4 is 76.7 Å². The molecule has 0 fully saturated rings. The summed E-state index contributed by atoms with van der Waals surface area (Å²) in [6.07, 6.45) is 0. The molecule has 0 saturated heterocycles. The zero-order chi connectivity index (χ0) is 18.8. The first-order valence-electron chi connectivity index (χ1n) is 7.45. The summed E-state index contributed by atoms with van der Waals surface area (Å²) in [4.78, 5) is 12.4. The van der Waals surface area contributed by atoms with Crippen molar-refractivity contribution in [1.29, 1.82) is 0 Å². The minimum absolute atomic E-state index is 0.0476. The predicted octanol–water partition coefficient (Wildman–Crippen LogP) is 6.40. The standard InChI is InChI=1S/C18H17Br3N2OS/c1-18(2,3)11-6-4-10(5-7-11)16(24)23-17(25)22-15-13(20)8-12(19)9-14(15)21/h4-9H,1-3H3,(H2,22,23,24,25). The number of thiocarbonyl (C=S) groups is 1. The Labute approximate surface area is 178 Å². The van der Waals surface area contributed by atoms with Gasteiger partial charge in [0, 0.05) is 19.0 Å². The van der Waals surface area contributed by atoms with Crippen LogP contribution in [0.3, 0.4) is 0 Å². The Morgan fingerprint density at radius 2 is 1.52 bits per heavy atom. The zero-order valence-corrected chi connectivity index (χ0v) is 19.5. The summed E-state index contributed by atoms with van der Waals surface area (Å²) >= 11 is 15.6. The van der Waals surface area contributed by atoms with E-state index in [1.807, 2.05) is 36.4 Å². The van der Waals surface area contributed by atoms with Gasteiger partial charge in [-0.25, -0.2) is 0 Å². The van der Waals surface area contributed by atoms with Crippen molar-refractivity contribution in [1.82, 2.24) is 5.32 Å². The molecule has 0 heterocycles. The summed E-state index contributed by atoms with van der Waals surface area (Å²) in [7, 11) is 0. The number of hydrogen-bond donors (Lipinski definition) is 2. The van der Waals surface area contributed by atoms with E-state index in [0.29, 0.717) is 5.56 Å². The van der Waals surface area contributed by atoms with Crippen molar-refractivity contribution in [3.8, 4) is 0 Å². The summed E-state index contributed by atoms with van der Waals surface area (Å²) in [5.41, 5.74) is 2.53. The third-order valence-electron chi connectivity index (χ3n) is 3.49. The normalized spacial score (nSPS) is 11.1. The largest absolute Gasteiger partial charge is 0.331 e. The molecule has 0 radical (unpaired) electrons. The number of benzene rings is 2. The molecular weight excluding hydrogens is 532 g/mol. The van der Waals surface area contributed by atoms with E-state index >= 15 is 0 Å². The molecule has 2 aromatic carbocycles. The Morgan fingerprint density at radius 3 is 2.00 bits per heavy atom. The lowest BCUT2D eigenvalue weighted by atomic mass is 9.87. The fourth-order valence-corrected chi connectivity index (χ4v) is 4.75. The Hall–Kier alpha value is -0.760. The number of anilines is 1. The summed E-state index contributed by atoms with van der Waals surface area (Å²) in [5.74, 6) is -0.248. The second-order valence-corrected chi connectivity index (χ2v) is 9.51. The van der Waals surface area contributed by atoms with Crippen LogP contribution in [0, 0.1) is 0 Å². The molecule has 0 aliphatic carbocycles. The highest BCUT2D eigenvalue weighted by atomic mass is 79.9. The molecule has 0 saturated carbocycles. The number of nitrogens with one attached hydrogen (secondary N) is 2. The number of rotatable bonds is 2. The average Bonchev–Trinajstić information content (AvgIpc) is 2.50. The van der Waals surface area contributed by atoms with E-state index in [1.54, 1.807) is 0 Å². The van der Waals surface area contributed by atoms with Gasteiger partial charge >= 0.3 is 0 Å². The van der Waals surface area contributed by atoms with E-state index < -0.39 is 0 Å². The van der Waals surface area contributed by atoms with Gasteiger partial charge in [-0.3, -0.25) is 10.1 Å². The molecule has 0 aliphatic heterocycles. The lowest BCUT2D eigenvalue weighted by Crippen LogP contribution is -2.34. The Morgan fingerprint density at radius 1 is 1.00 bits per heavy atom. The molecule has 2 aromatic rings. The third kappa shape index (κ3) is 5.61. The fourth-order valence-electron chi connectivity index (χ4n) is 2.10. The summed E-state index contributed by atoms with van der Waals surface area (Å²) in [6, 6.07) is 11.3. The minimum atomic E-state index is -0.248. The van der Waals surface area contributed by atoms with Crippen LogP contribution >= 0.6 is 60.0 Å². The number of halogens is 3. The van der Waals surface area contributed by atoms with Gasteiger partial charge in [0.15, 0.2) is 5.11 Å². The van der Waals surface area contributed by atoms with E-state index in [1.165, 1.54) is 5.56 Å². The zero-order valence-electron chi connectivity index (χ0n) is 13.9. The van der Waals surface area contributed by atoms with Crippen molar-refractivity contribution in [3.05, 3.63) is 60.9 Å². The van der Waals surface area contributed by atoms with Crippen LogP contribution in [0.25, 0.3) is 0 Å². The maximum absolute atomic E-state index is 12.4. The molecule has 25 heavy (non-hydrogen) atoms. The van der Waals surface area contributed by atoms with Gasteiger partial charge in [0.05, 0.1) is 5.69 Å². The van der Waals surface area contributed by atoms with Crippen molar-refractivity contribution in [2.45, 2.75) is 26.2 Å². The monoisotopic (exact) mass is 546 g/mol. The highest BCUT2D eigenvalue weighted by Gasteiger charge is 2.15. The van der Waals surface area contributed by atoms with Crippen LogP contribution in [0.4, 0.5) is 5.69 Å². The maximum atomic E-state index is 12.4. The minimum Gasteiger partial charge on any atom is -0.331 e. The van der Waals surface area contributed by atoms with Crippen molar-refractivity contribution < 1.29 is 4.79 Å². The number of hydrogen-bond acceptors (Lipinski definition) is 2. The van der Waals surface area contributed by atoms with Crippen molar-refractivity contribution in [2.24, 2.45) is 0 Å². The maximum Gasteiger partial charge on any atom is 0.257 e. The first kappa shape index (κ1) is 20.6. The van der Waals surface area contributed by atoms with Gasteiger partial charge in [-0.1, -0.05) is 48.8 Å². The van der Waals surface area contributed by atoms with Gasteiger partial charge in [-0.15, -0.1) is 0 Å². The van der Waals surface area contributed by atoms with E-state index in [4.69, 9.17) is 12.2 Å². The predicted molar refractivity (Wildman–Crippen MR) is 118 cm³/mol. The fraction of sp³-hybridized carbons (Fsp3) is 0.222. The summed E-state index contributed by atoms with van der Waals surface area (Å²) in [6.45, 7) is 6.40. The van der Waals surface area contributed by atoms with Gasteiger partial charge in [0.2, 0.25) is 0 Å². The van der Waals surface area contributed by atoms with E-state index in [2.05, 4.69) is 79.2 Å². The molecule has 0 bridgehead atoms. The first-order chi connectivity index (χ1) is 11.6. The lowest BCUT2D eigenvalue weighted by molar-refractivity contribution is 0.0977. The van der Waals surface area contributed by atoms with Crippen LogP contribution in [0.15, 0.2) is 49.8 Å². The highest BCUT2D eigenvalue weighted by Crippen LogP contribution is 2.34. The number of carbonyl (C=O) groups is 1. The highest BCUT2D eigenvalue weighted by molar-refractivity contribution is 9.11. The van der Waals surface area contributed by atoms with Gasteiger partial charge in [0.1, 0.15) is 0 Å². The van der Waals surface area contributed by atoms with Gasteiger partial charge < -0.3 is 5.32 Å². The summed E-state index contributed by atoms with van der Waals surface area (Å²) < 4.78 is 2.56. The Bertz CT molecular complexity index is 791. The van der Waals surface area contributed by atoms with Crippen LogP contribution in [0.2, 0.25) is 0 Å². The number of amides is 1. The molecule has 2 N–H and O–H groups in total. The van der Waals surface area contributed by atoms with Gasteiger partial charge in [-0.2, -0.15) is 0 Å². The average molecular weight is 549 g/mol. The van der Waals surface area contributed by atoms with Crippen LogP contribution in [-0.2, 0) is 5.41 Å². The molecule has 7 heteroatoms. The summed E-state index contributed by atoms with van der Waals surface area (Å²) in [5, 5.41) is 5.96. The topological polar surface area (TPSA) is 41.1 Å². The quantitative estimate of drug-likeness (QED) is 0.427. The van der Waals surface area contributed by atoms with E-state index in [0.717, 1.165) is 19.1 Å². The Balaban J connectivity index is 2.07. The molecule has 3 nitrogen and oxygen atoms in total. The lowest BCUT2D eigenvalue weighted by Gasteiger charge is -2.19. The van der Waals surface area contributed by atoms with Crippen LogP contribution in [0.5, 0.6) is 0 Å². The molecule has 1 amide bonds. The second-order valence-electron chi connectivity index (χ2n) is 6.48. The van der Waals surface area contributed by atoms with E-state index in [-0.39, 0.29) is 16.4 Å². The van der Waals surface area contributed by atoms with Gasteiger partial charge in [-0.05, 0) is 79.3 Å². The smallest absolute Gasteiger partial charge is 0.257 e. The second kappa shape index (κ2) is 8.29. The number of carbonyl (C=O) groups excluding carboxylic acids is 1. The molecular formula is C18H17Br3N2OS. The van der Waals surface area contributed by atoms with Crippen molar-refractivity contribution in [3.63, 3.8) is 0 Å². The van der Waals surface area contributed by atoms with Crippen LogP contribution < -0.4 is 10.6 Å². The molecule has 0 atom stereocenters. The SMILES string of the molecule is CC(C)(C)c1ccc(C(=O)NC(=S)Nc2c(Br)cc(Br)cc2Br)cc1. The molecule has 0 aromatic heterocycles. The van der Waals surface area contributed by atoms with Crippen molar-refractivity contribution in [2.75, 3.05) is 5.32 Å². The molecule has 2 rings (SSSR count). The molecule has 0 aliphatic rings. The third-order valence-corrected chi connectivity index (χ3v) is 5.40. The van der Waals surface area contributed by atoms with Gasteiger partial charge in [0.25, 0.3) is 5.91 Å². The molecule has 0 spiro atoms. The van der Waals surface area contributed by atoms with Crippen LogP contribution in [-0.4, -0.2) is 11.0 Å².